The molecule has 0 spiro atoms. The molecule has 3 aliphatic heterocycles. The Balaban J connectivity index is 0.000000146. The van der Waals surface area contributed by atoms with Crippen LogP contribution >= 0.6 is 11.6 Å². The molecule has 9 N–H and O–H groups in total. The number of aliphatic imine (C=N–C) groups is 3. The van der Waals surface area contributed by atoms with Crippen LogP contribution in [0, 0.1) is 23.7 Å². The fourth-order valence-electron chi connectivity index (χ4n) is 16.2. The van der Waals surface area contributed by atoms with Gasteiger partial charge in [0.2, 0.25) is 0 Å². The first-order valence-electron chi connectivity index (χ1n) is 36.3. The summed E-state index contributed by atoms with van der Waals surface area (Å²) in [5, 5.41) is 9.93. The van der Waals surface area contributed by atoms with E-state index < -0.39 is 16.6 Å². The number of carbonyl (C=O) groups is 5. The second kappa shape index (κ2) is 32.4. The van der Waals surface area contributed by atoms with Gasteiger partial charge in [0.1, 0.15) is 16.8 Å². The lowest BCUT2D eigenvalue weighted by Crippen LogP contribution is -2.45. The average Bonchev–Trinajstić information content (AvgIpc) is 1.57. The van der Waals surface area contributed by atoms with E-state index in [1.807, 2.05) is 127 Å². The van der Waals surface area contributed by atoms with Crippen LogP contribution in [0.2, 0.25) is 5.02 Å². The minimum absolute atomic E-state index is 0.0308. The second-order valence-corrected chi connectivity index (χ2v) is 29.3. The zero-order valence-corrected chi connectivity index (χ0v) is 59.5. The highest BCUT2D eigenvalue weighted by atomic mass is 35.5. The summed E-state index contributed by atoms with van der Waals surface area (Å²) in [5.41, 5.74) is 24.1. The van der Waals surface area contributed by atoms with Crippen LogP contribution in [0.25, 0.3) is 22.3 Å². The van der Waals surface area contributed by atoms with E-state index >= 15 is 0 Å². The van der Waals surface area contributed by atoms with Gasteiger partial charge in [0.05, 0.1) is 31.7 Å². The lowest BCUT2D eigenvalue weighted by molar-refractivity contribution is -0.133. The number of aryl methyl sites for hydroxylation is 1. The number of nitrogens with one attached hydrogen (secondary N) is 3. The minimum atomic E-state index is -0.956. The fourth-order valence-corrected chi connectivity index (χ4v) is 16.4. The van der Waals surface area contributed by atoms with E-state index in [2.05, 4.69) is 33.1 Å². The molecule has 102 heavy (non-hydrogen) atoms. The molecule has 7 atom stereocenters. The number of pyridine rings is 1. The van der Waals surface area contributed by atoms with Crippen LogP contribution in [0.1, 0.15) is 155 Å². The molecule has 7 aromatic rings. The van der Waals surface area contributed by atoms with Crippen LogP contribution < -0.4 is 37.9 Å². The molecule has 4 saturated carbocycles. The Labute approximate surface area is 603 Å². The summed E-state index contributed by atoms with van der Waals surface area (Å²) in [6.45, 7) is 0.354. The Morgan fingerprint density at radius 1 is 0.588 bits per heavy atom. The molecule has 7 aliphatic rings. The van der Waals surface area contributed by atoms with Crippen molar-refractivity contribution in [2.45, 2.75) is 170 Å². The highest BCUT2D eigenvalue weighted by Gasteiger charge is 2.58. The maximum absolute atomic E-state index is 13.6. The number of furan rings is 1. The zero-order valence-electron chi connectivity index (χ0n) is 58.8. The Morgan fingerprint density at radius 3 is 1.83 bits per heavy atom. The number of nitrogens with zero attached hydrogens (tertiary/aromatic N) is 7. The van der Waals surface area contributed by atoms with Crippen LogP contribution in [-0.4, -0.2) is 112 Å². The van der Waals surface area contributed by atoms with Gasteiger partial charge in [-0.2, -0.15) is 0 Å². The lowest BCUT2D eigenvalue weighted by atomic mass is 9.74. The van der Waals surface area contributed by atoms with E-state index in [4.69, 9.17) is 52.9 Å². The molecule has 21 heteroatoms. The number of carbonyl (C=O) groups excluding carboxylic acids is 5. The standard InChI is InChI=1S/C31H41N5O2.C27H35N5O3.C23H20ClN3O2/c1-36-29(38)31(35-30(36)32,16-15-22-9-4-2-5-10-22)19-23-11-8-14-27(17-23)34-28(37)26-18-25(20-33-21-26)24-12-6-3-7-13-24;1-32-24(33)27(31-25(32)28,15-14-19-8-4-3-5-9-19)18-20-10-6-11-21(16-20)29-26(34)30-22-12-7-13-23(17-22)35-2;24-20-6-2-4-17(12-20)16-3-1-5-19(11-16)23(18-7-8-18)21(28)27(22(25)26-23)13-15-9-10-29-14-15/h3,6-7,12-13,18,20-23,27H,2,4-5,8-11,14-17,19H2,1H3,(H2,32,35)(H,34,37);3-5,7-9,12-13,17,20-21H,6,10-11,14-16,18H2,1-2H3,(H2,28,31)(H2,29,30,34);1-6,9-12,14,18H,7-8,13H2,(H2,25,26)/t23-,27+,31+;20-,21+,27+;/m00./s1. The van der Waals surface area contributed by atoms with Gasteiger partial charge in [-0.25, -0.2) is 19.8 Å². The number of anilines is 1. The first kappa shape index (κ1) is 72.0. The van der Waals surface area contributed by atoms with Gasteiger partial charge in [-0.1, -0.05) is 166 Å². The number of rotatable bonds is 21. The van der Waals surface area contributed by atoms with Crippen molar-refractivity contribution >= 4 is 64.8 Å². The van der Waals surface area contributed by atoms with Crippen molar-refractivity contribution in [3.8, 4) is 28.0 Å². The van der Waals surface area contributed by atoms with Crippen molar-refractivity contribution in [2.24, 2.45) is 55.8 Å². The minimum Gasteiger partial charge on any atom is -0.497 e. The molecule has 2 aromatic heterocycles. The molecule has 14 rings (SSSR count). The number of halogens is 1. The smallest absolute Gasteiger partial charge is 0.319 e. The average molecular weight is 1400 g/mol. The summed E-state index contributed by atoms with van der Waals surface area (Å²) >= 11 is 6.17. The quantitative estimate of drug-likeness (QED) is 0.0393. The summed E-state index contributed by atoms with van der Waals surface area (Å²) < 4.78 is 10.4. The van der Waals surface area contributed by atoms with Crippen molar-refractivity contribution in [1.29, 1.82) is 0 Å². The van der Waals surface area contributed by atoms with Crippen LogP contribution in [0.15, 0.2) is 190 Å². The molecule has 0 radical (unpaired) electrons. The van der Waals surface area contributed by atoms with Gasteiger partial charge in [-0.05, 0) is 171 Å². The van der Waals surface area contributed by atoms with Crippen LogP contribution in [0.4, 0.5) is 10.5 Å². The molecule has 4 aliphatic carbocycles. The Bertz CT molecular complexity index is 4180. The van der Waals surface area contributed by atoms with E-state index in [9.17, 15) is 24.0 Å². The third-order valence-electron chi connectivity index (χ3n) is 21.7. The summed E-state index contributed by atoms with van der Waals surface area (Å²) in [4.78, 5) is 89.3. The predicted molar refractivity (Wildman–Crippen MR) is 400 cm³/mol. The number of nitrogens with two attached hydrogens (primary N) is 3. The normalized spacial score (nSPS) is 24.2. The third kappa shape index (κ3) is 17.0. The van der Waals surface area contributed by atoms with Crippen molar-refractivity contribution in [3.63, 3.8) is 0 Å². The summed E-state index contributed by atoms with van der Waals surface area (Å²) in [7, 11) is 5.03. The molecule has 534 valence electrons. The van der Waals surface area contributed by atoms with Gasteiger partial charge in [0, 0.05) is 66.5 Å². The van der Waals surface area contributed by atoms with Crippen molar-refractivity contribution in [3.05, 3.63) is 198 Å². The first-order chi connectivity index (χ1) is 49.4. The molecule has 20 nitrogen and oxygen atoms in total. The number of ether oxygens (including phenoxy) is 1. The van der Waals surface area contributed by atoms with Crippen molar-refractivity contribution < 1.29 is 33.1 Å². The number of benzene rings is 5. The third-order valence-corrected chi connectivity index (χ3v) is 22.0. The topological polar surface area (TPSA) is 282 Å². The molecular weight excluding hydrogens is 1300 g/mol. The fraction of sp³-hybridized carbons (Fsp3) is 0.420. The predicted octanol–water partition coefficient (Wildman–Crippen LogP) is 13.8. The van der Waals surface area contributed by atoms with Crippen molar-refractivity contribution in [1.82, 2.24) is 30.3 Å². The van der Waals surface area contributed by atoms with E-state index in [-0.39, 0.29) is 65.5 Å². The van der Waals surface area contributed by atoms with Gasteiger partial charge < -0.3 is 42.3 Å². The number of aromatic nitrogens is 1. The van der Waals surface area contributed by atoms with E-state index in [0.717, 1.165) is 117 Å². The Kier molecular flexibility index (Phi) is 22.9. The Hall–Kier alpha value is -9.82. The molecule has 0 saturated heterocycles. The summed E-state index contributed by atoms with van der Waals surface area (Å²) in [5.74, 6) is 2.87. The van der Waals surface area contributed by atoms with E-state index in [1.54, 1.807) is 57.1 Å². The van der Waals surface area contributed by atoms with Gasteiger partial charge in [0.25, 0.3) is 23.6 Å². The number of urea groups is 1. The van der Waals surface area contributed by atoms with Gasteiger partial charge in [-0.3, -0.25) is 38.9 Å². The van der Waals surface area contributed by atoms with Crippen LogP contribution in [0.3, 0.4) is 0 Å². The highest BCUT2D eigenvalue weighted by Crippen LogP contribution is 2.52. The van der Waals surface area contributed by atoms with Crippen LogP contribution in [-0.2, 0) is 32.9 Å². The summed E-state index contributed by atoms with van der Waals surface area (Å²) in [6.07, 6.45) is 27.1. The monoisotopic (exact) mass is 1400 g/mol. The number of methoxy groups -OCH3 is 1. The molecule has 4 fully saturated rings. The van der Waals surface area contributed by atoms with Gasteiger partial charge in [0.15, 0.2) is 23.4 Å². The molecule has 0 bridgehead atoms. The lowest BCUT2D eigenvalue weighted by Gasteiger charge is -2.35. The van der Waals surface area contributed by atoms with E-state index in [0.29, 0.717) is 65.6 Å². The Morgan fingerprint density at radius 2 is 1.21 bits per heavy atom. The number of guanidine groups is 3. The zero-order chi connectivity index (χ0) is 71.4. The molecular formula is C81H96ClN13O7. The number of likely N-dealkylation sites (N-methyl/N-ethyl adjacent to an activating group) is 2. The highest BCUT2D eigenvalue weighted by molar-refractivity contribution is 6.30. The van der Waals surface area contributed by atoms with Gasteiger partial charge >= 0.3 is 6.03 Å². The largest absolute Gasteiger partial charge is 0.497 e. The first-order valence-corrected chi connectivity index (χ1v) is 36.7. The van der Waals surface area contributed by atoms with Gasteiger partial charge in [-0.15, -0.1) is 0 Å². The number of hydrogen-bond donors (Lipinski definition) is 6. The SMILES string of the molecule is CN1C(=O)[C@@](CCC2CCCCC2)(C[C@H]2CCC[C@@H](NC(=O)c3cncc(-c4ccccc4)c3)C2)N=C1N.COc1cccc(NC(=O)N[C@@H]2CCC[C@H](C[C@@]3(CCc4ccccc4)N=C(N)N(C)C3=O)C2)c1.NC1=NC(c2cccc(-c3cccc(Cl)c3)c2)(C2CC2)C(=O)N1Cc1ccoc1. The molecule has 5 heterocycles. The van der Waals surface area contributed by atoms with E-state index in [1.165, 1.54) is 47.5 Å². The summed E-state index contributed by atoms with van der Waals surface area (Å²) in [6, 6.07) is 46.7. The number of amides is 6. The second-order valence-electron chi connectivity index (χ2n) is 28.9. The van der Waals surface area contributed by atoms with Crippen molar-refractivity contribution in [2.75, 3.05) is 26.5 Å². The molecule has 1 unspecified atom stereocenters. The molecule has 6 amide bonds. The number of hydrogen-bond acceptors (Lipinski definition) is 14. The maximum Gasteiger partial charge on any atom is 0.319 e. The molecule has 5 aromatic carbocycles. The van der Waals surface area contributed by atoms with Crippen LogP contribution in [0.5, 0.6) is 5.75 Å². The maximum atomic E-state index is 13.6.